The van der Waals surface area contributed by atoms with Crippen LogP contribution in [0.15, 0.2) is 48.5 Å². The number of alkyl halides is 5. The van der Waals surface area contributed by atoms with E-state index in [1.165, 1.54) is 5.32 Å². The van der Waals surface area contributed by atoms with Crippen LogP contribution in [0.4, 0.5) is 27.6 Å². The first-order valence-corrected chi connectivity index (χ1v) is 10.8. The molecule has 3 amide bonds. The van der Waals surface area contributed by atoms with E-state index in [0.29, 0.717) is 19.6 Å². The first kappa shape index (κ1) is 29.6. The van der Waals surface area contributed by atoms with Crippen molar-refractivity contribution in [1.29, 1.82) is 0 Å². The molecule has 1 aliphatic rings. The summed E-state index contributed by atoms with van der Waals surface area (Å²) in [7, 11) is 2.53. The van der Waals surface area contributed by atoms with Crippen LogP contribution in [0.1, 0.15) is 5.56 Å². The van der Waals surface area contributed by atoms with Crippen molar-refractivity contribution in [3.05, 3.63) is 54.1 Å². The standard InChI is InChI=1S/C17H17NO2.C7H9F5N2O3/c1-20-11-10-18-16-9-5-4-8-15(16)14-7-3-2-6-13(14)12-17(18)19;1-17-3(4(13)15)5(16)14-2-6(8,9)7(10,11)12/h2-9H,10-12H2,1H3;3H,2H2,1H3,(H2,13,15)(H,14,16). The molecule has 1 atom stereocenters. The molecule has 0 aromatic heterocycles. The van der Waals surface area contributed by atoms with Crippen molar-refractivity contribution in [3.8, 4) is 11.1 Å². The molecule has 1 aliphatic heterocycles. The maximum atomic E-state index is 12.5. The molecule has 8 nitrogen and oxygen atoms in total. The zero-order valence-corrected chi connectivity index (χ0v) is 20.0. The molecule has 0 saturated carbocycles. The van der Waals surface area contributed by atoms with Gasteiger partial charge in [-0.3, -0.25) is 14.4 Å². The zero-order chi connectivity index (χ0) is 27.8. The number of carbonyl (C=O) groups excluding carboxylic acids is 3. The summed E-state index contributed by atoms with van der Waals surface area (Å²) >= 11 is 0. The Kier molecular flexibility index (Phi) is 10.1. The van der Waals surface area contributed by atoms with Crippen molar-refractivity contribution >= 4 is 23.4 Å². The van der Waals surface area contributed by atoms with Crippen LogP contribution >= 0.6 is 0 Å². The first-order valence-electron chi connectivity index (χ1n) is 10.8. The fourth-order valence-corrected chi connectivity index (χ4v) is 3.44. The number of ether oxygens (including phenoxy) is 2. The first-order chi connectivity index (χ1) is 17.3. The highest BCUT2D eigenvalue weighted by atomic mass is 19.4. The number of nitrogens with zero attached hydrogens (tertiary/aromatic N) is 1. The summed E-state index contributed by atoms with van der Waals surface area (Å²) < 4.78 is 69.2. The number of primary amides is 1. The molecule has 37 heavy (non-hydrogen) atoms. The molecule has 0 aliphatic carbocycles. The average Bonchev–Trinajstić information content (AvgIpc) is 2.95. The van der Waals surface area contributed by atoms with E-state index >= 15 is 0 Å². The third kappa shape index (κ3) is 7.46. The number of fused-ring (bicyclic) bond motifs is 3. The Morgan fingerprint density at radius 3 is 2.19 bits per heavy atom. The number of para-hydroxylation sites is 1. The van der Waals surface area contributed by atoms with Gasteiger partial charge < -0.3 is 25.4 Å². The van der Waals surface area contributed by atoms with Gasteiger partial charge in [0.25, 0.3) is 11.8 Å². The van der Waals surface area contributed by atoms with E-state index in [9.17, 15) is 36.3 Å². The van der Waals surface area contributed by atoms with Gasteiger partial charge in [-0.1, -0.05) is 42.5 Å². The van der Waals surface area contributed by atoms with E-state index in [-0.39, 0.29) is 5.91 Å². The number of anilines is 1. The Bertz CT molecular complexity index is 1110. The number of nitrogens with one attached hydrogen (secondary N) is 1. The topological polar surface area (TPSA) is 111 Å². The summed E-state index contributed by atoms with van der Waals surface area (Å²) in [6, 6.07) is 16.2. The molecular formula is C24H26F5N3O5. The number of nitrogens with two attached hydrogens (primary N) is 1. The van der Waals surface area contributed by atoms with E-state index in [1.807, 2.05) is 41.3 Å². The van der Waals surface area contributed by atoms with Crippen LogP contribution in [0.5, 0.6) is 0 Å². The number of carbonyl (C=O) groups is 3. The van der Waals surface area contributed by atoms with Gasteiger partial charge in [0, 0.05) is 26.3 Å². The number of halogens is 5. The molecule has 3 rings (SSSR count). The van der Waals surface area contributed by atoms with Crippen LogP contribution in [-0.2, 0) is 30.3 Å². The highest BCUT2D eigenvalue weighted by molar-refractivity contribution is 6.03. The van der Waals surface area contributed by atoms with E-state index in [1.54, 1.807) is 7.11 Å². The smallest absolute Gasteiger partial charge is 0.383 e. The van der Waals surface area contributed by atoms with Gasteiger partial charge in [-0.15, -0.1) is 0 Å². The van der Waals surface area contributed by atoms with Gasteiger partial charge in [0.15, 0.2) is 0 Å². The third-order valence-electron chi connectivity index (χ3n) is 5.30. The Balaban J connectivity index is 0.000000265. The van der Waals surface area contributed by atoms with Gasteiger partial charge in [-0.05, 0) is 17.2 Å². The van der Waals surface area contributed by atoms with Gasteiger partial charge in [0.2, 0.25) is 12.0 Å². The molecule has 1 heterocycles. The largest absolute Gasteiger partial charge is 0.455 e. The lowest BCUT2D eigenvalue weighted by Crippen LogP contribution is -2.51. The molecule has 13 heteroatoms. The fourth-order valence-electron chi connectivity index (χ4n) is 3.44. The maximum absolute atomic E-state index is 12.5. The summed E-state index contributed by atoms with van der Waals surface area (Å²) in [5, 5.41) is 1.23. The van der Waals surface area contributed by atoms with Crippen LogP contribution < -0.4 is 16.0 Å². The molecular weight excluding hydrogens is 505 g/mol. The number of amides is 3. The molecule has 1 unspecified atom stereocenters. The summed E-state index contributed by atoms with van der Waals surface area (Å²) in [6.45, 7) is -0.876. The molecule has 0 bridgehead atoms. The summed E-state index contributed by atoms with van der Waals surface area (Å²) in [6.07, 6.45) is -7.27. The number of hydrogen-bond acceptors (Lipinski definition) is 5. The SMILES string of the molecule is COC(C(N)=O)C(=O)NCC(F)(F)C(F)(F)F.COCCN1C(=O)Cc2ccccc2-c2ccccc21. The molecule has 0 spiro atoms. The van der Waals surface area contributed by atoms with Gasteiger partial charge in [0.05, 0.1) is 25.3 Å². The predicted molar refractivity (Wildman–Crippen MR) is 124 cm³/mol. The lowest BCUT2D eigenvalue weighted by Gasteiger charge is -2.22. The summed E-state index contributed by atoms with van der Waals surface area (Å²) in [5.41, 5.74) is 8.96. The molecule has 3 N–H and O–H groups in total. The highest BCUT2D eigenvalue weighted by Crippen LogP contribution is 2.36. The Labute approximate surface area is 209 Å². The second-order valence-electron chi connectivity index (χ2n) is 7.83. The van der Waals surface area contributed by atoms with E-state index < -0.39 is 36.6 Å². The number of benzene rings is 2. The van der Waals surface area contributed by atoms with Crippen molar-refractivity contribution in [3.63, 3.8) is 0 Å². The highest BCUT2D eigenvalue weighted by Gasteiger charge is 2.57. The van der Waals surface area contributed by atoms with Crippen molar-refractivity contribution in [2.24, 2.45) is 5.73 Å². The number of rotatable bonds is 8. The van der Waals surface area contributed by atoms with E-state index in [4.69, 9.17) is 4.74 Å². The van der Waals surface area contributed by atoms with Gasteiger partial charge in [-0.2, -0.15) is 22.0 Å². The second-order valence-corrected chi connectivity index (χ2v) is 7.83. The third-order valence-corrected chi connectivity index (χ3v) is 5.30. The molecule has 2 aromatic carbocycles. The van der Waals surface area contributed by atoms with Crippen molar-refractivity contribution in [2.45, 2.75) is 24.6 Å². The minimum absolute atomic E-state index is 0.124. The second kappa shape index (κ2) is 12.6. The minimum atomic E-state index is -5.80. The quantitative estimate of drug-likeness (QED) is 0.402. The maximum Gasteiger partial charge on any atom is 0.455 e. The van der Waals surface area contributed by atoms with Gasteiger partial charge in [-0.25, -0.2) is 0 Å². The Morgan fingerprint density at radius 1 is 1.03 bits per heavy atom. The fraction of sp³-hybridized carbons (Fsp3) is 0.375. The van der Waals surface area contributed by atoms with E-state index in [2.05, 4.69) is 22.6 Å². The lowest BCUT2D eigenvalue weighted by molar-refractivity contribution is -0.278. The molecule has 2 aromatic rings. The molecule has 0 fully saturated rings. The number of hydrogen-bond donors (Lipinski definition) is 2. The summed E-state index contributed by atoms with van der Waals surface area (Å²) in [5.74, 6) is -7.75. The molecule has 0 radical (unpaired) electrons. The van der Waals surface area contributed by atoms with Crippen LogP contribution in [0.25, 0.3) is 11.1 Å². The van der Waals surface area contributed by atoms with Gasteiger partial charge in [0.1, 0.15) is 0 Å². The average molecular weight is 531 g/mol. The van der Waals surface area contributed by atoms with E-state index in [0.717, 1.165) is 29.5 Å². The monoisotopic (exact) mass is 531 g/mol. The normalized spacial score (nSPS) is 13.9. The van der Waals surface area contributed by atoms with Crippen molar-refractivity contribution in [1.82, 2.24) is 5.32 Å². The minimum Gasteiger partial charge on any atom is -0.383 e. The van der Waals surface area contributed by atoms with Crippen LogP contribution in [0.3, 0.4) is 0 Å². The predicted octanol–water partition coefficient (Wildman–Crippen LogP) is 2.69. The van der Waals surface area contributed by atoms with Crippen molar-refractivity contribution < 1.29 is 45.8 Å². The van der Waals surface area contributed by atoms with Crippen LogP contribution in [0, 0.1) is 0 Å². The summed E-state index contributed by atoms with van der Waals surface area (Å²) in [4.78, 5) is 35.8. The van der Waals surface area contributed by atoms with Gasteiger partial charge >= 0.3 is 12.1 Å². The lowest BCUT2D eigenvalue weighted by atomic mass is 9.98. The Hall–Kier alpha value is -3.58. The molecule has 0 saturated heterocycles. The Morgan fingerprint density at radius 2 is 1.62 bits per heavy atom. The number of methoxy groups -OCH3 is 2. The van der Waals surface area contributed by atoms with Crippen LogP contribution in [-0.4, -0.2) is 69.8 Å². The van der Waals surface area contributed by atoms with Crippen molar-refractivity contribution in [2.75, 3.05) is 38.8 Å². The molecule has 202 valence electrons. The van der Waals surface area contributed by atoms with Crippen LogP contribution in [0.2, 0.25) is 0 Å². The zero-order valence-electron chi connectivity index (χ0n) is 20.0.